The van der Waals surface area contributed by atoms with Crippen molar-refractivity contribution in [2.24, 2.45) is 0 Å². The Balaban J connectivity index is 0.000000291. The van der Waals surface area contributed by atoms with E-state index >= 15 is 0 Å². The third kappa shape index (κ3) is 9.36. The van der Waals surface area contributed by atoms with Crippen molar-refractivity contribution in [2.75, 3.05) is 54.9 Å². The zero-order valence-corrected chi connectivity index (χ0v) is 18.5. The lowest BCUT2D eigenvalue weighted by Gasteiger charge is -2.28. The fourth-order valence-electron chi connectivity index (χ4n) is 2.58. The van der Waals surface area contributed by atoms with Gasteiger partial charge in [-0.2, -0.15) is 0 Å². The molecule has 0 amide bonds. The fraction of sp³-hybridized carbons (Fsp3) is 1.00. The Hall–Kier alpha value is 0.0200. The first-order valence-electron chi connectivity index (χ1n) is 8.58. The number of hydrogen-bond donors (Lipinski definition) is 1. The quantitative estimate of drug-likeness (QED) is 0.381. The molecule has 2 rings (SSSR count). The Morgan fingerprint density at radius 1 is 0.931 bits per heavy atom. The third-order valence-electron chi connectivity index (χ3n) is 4.00. The second-order valence-corrected chi connectivity index (χ2v) is 8.96. The second kappa shape index (κ2) is 12.8. The molecule has 2 aliphatic heterocycles. The Bertz CT molecular complexity index is 560. The monoisotopic (exact) mass is 466 g/mol. The molecule has 0 bridgehead atoms. The van der Waals surface area contributed by atoms with Gasteiger partial charge in [0.15, 0.2) is 0 Å². The van der Waals surface area contributed by atoms with Gasteiger partial charge in [-0.15, -0.1) is 0 Å². The molecule has 7 atom stereocenters. The van der Waals surface area contributed by atoms with Crippen LogP contribution in [0.3, 0.4) is 0 Å². The number of rotatable bonds is 10. The van der Waals surface area contributed by atoms with Crippen LogP contribution in [0.15, 0.2) is 0 Å². The molecule has 15 heteroatoms. The van der Waals surface area contributed by atoms with Crippen molar-refractivity contribution in [1.82, 2.24) is 0 Å². The summed E-state index contributed by atoms with van der Waals surface area (Å²) >= 11 is 0. The van der Waals surface area contributed by atoms with Gasteiger partial charge < -0.3 is 51.9 Å². The smallest absolute Gasteiger partial charge is 0.268 e. The van der Waals surface area contributed by atoms with E-state index in [1.165, 1.54) is 14.2 Å². The summed E-state index contributed by atoms with van der Waals surface area (Å²) in [7, 11) is -3.52. The van der Waals surface area contributed by atoms with Crippen LogP contribution in [-0.4, -0.2) is 90.5 Å². The Kier molecular flexibility index (Phi) is 11.9. The van der Waals surface area contributed by atoms with E-state index in [1.54, 1.807) is 0 Å². The largest absolute Gasteiger partial charge is 0.756 e. The molecular formula is C14H28O13P2-2. The molecular weight excluding hydrogens is 438 g/mol. The zero-order chi connectivity index (χ0) is 22.1. The molecule has 0 aromatic rings. The molecule has 174 valence electrons. The summed E-state index contributed by atoms with van der Waals surface area (Å²) in [5, 5.41) is 9.42. The molecule has 0 aromatic carbocycles. The highest BCUT2D eigenvalue weighted by Crippen LogP contribution is 2.42. The van der Waals surface area contributed by atoms with E-state index in [9.17, 15) is 24.0 Å². The normalized spacial score (nSPS) is 33.6. The Morgan fingerprint density at radius 2 is 1.48 bits per heavy atom. The summed E-state index contributed by atoms with van der Waals surface area (Å²) in [6.45, 7) is 0.949. The topological polar surface area (TPSA) is 174 Å². The Morgan fingerprint density at radius 3 is 2.03 bits per heavy atom. The van der Waals surface area contributed by atoms with Gasteiger partial charge in [0.05, 0.1) is 25.9 Å². The van der Waals surface area contributed by atoms with Crippen LogP contribution in [0.1, 0.15) is 6.42 Å². The third-order valence-corrected chi connectivity index (χ3v) is 5.93. The predicted octanol–water partition coefficient (Wildman–Crippen LogP) is -1.19. The highest BCUT2D eigenvalue weighted by Gasteiger charge is 2.39. The molecule has 0 aliphatic carbocycles. The summed E-state index contributed by atoms with van der Waals surface area (Å²) < 4.78 is 59.8. The van der Waals surface area contributed by atoms with Crippen molar-refractivity contribution in [3.63, 3.8) is 0 Å². The number of phosphoric acid groups is 2. The lowest BCUT2D eigenvalue weighted by Crippen LogP contribution is -2.36. The van der Waals surface area contributed by atoms with Gasteiger partial charge in [0, 0.05) is 41.5 Å². The maximum atomic E-state index is 11.0. The Labute approximate surface area is 169 Å². The van der Waals surface area contributed by atoms with Crippen molar-refractivity contribution in [3.8, 4) is 0 Å². The SMILES string of the molecule is COC[C@H]1OCCC1OP(=O)([O-])OC.COC[C@H]1OC[C@@H](O)C1OP(=O)([O-])OC. The first-order valence-corrected chi connectivity index (χ1v) is 11.5. The van der Waals surface area contributed by atoms with Crippen LogP contribution in [0.2, 0.25) is 0 Å². The van der Waals surface area contributed by atoms with Gasteiger partial charge in [-0.1, -0.05) is 0 Å². The lowest BCUT2D eigenvalue weighted by molar-refractivity contribution is -0.231. The maximum Gasteiger partial charge on any atom is 0.268 e. The van der Waals surface area contributed by atoms with Gasteiger partial charge in [-0.05, 0) is 0 Å². The van der Waals surface area contributed by atoms with Crippen LogP contribution in [-0.2, 0) is 46.2 Å². The number of hydrogen-bond acceptors (Lipinski definition) is 13. The van der Waals surface area contributed by atoms with Crippen molar-refractivity contribution in [1.29, 1.82) is 0 Å². The van der Waals surface area contributed by atoms with Crippen molar-refractivity contribution in [2.45, 2.75) is 36.9 Å². The van der Waals surface area contributed by atoms with Gasteiger partial charge in [0.1, 0.15) is 24.4 Å². The number of aliphatic hydroxyl groups excluding tert-OH is 1. The van der Waals surface area contributed by atoms with Crippen LogP contribution in [0.4, 0.5) is 0 Å². The minimum Gasteiger partial charge on any atom is -0.756 e. The first kappa shape index (κ1) is 27.1. The van der Waals surface area contributed by atoms with Crippen LogP contribution in [0.25, 0.3) is 0 Å². The highest BCUT2D eigenvalue weighted by atomic mass is 31.2. The van der Waals surface area contributed by atoms with E-state index in [-0.39, 0.29) is 19.3 Å². The number of methoxy groups -OCH3 is 2. The summed E-state index contributed by atoms with van der Waals surface area (Å²) in [5.41, 5.74) is 0. The van der Waals surface area contributed by atoms with E-state index in [4.69, 9.17) is 23.5 Å². The van der Waals surface area contributed by atoms with Gasteiger partial charge in [-0.25, -0.2) is 0 Å². The standard InChI is InChI=1S/C7H15O7P.C7H15O6P/c1-11-4-6-7(5(8)3-13-6)14-15(9,10)12-2;1-10-5-7-6(3-4-12-7)13-14(8,9)11-2/h5-8H,3-4H2,1-2H3,(H,9,10);6-7H,3-5H2,1-2H3,(H,8,9)/p-2/t5-,6-,7?;6?,7-/m11/s1. The predicted molar refractivity (Wildman–Crippen MR) is 92.8 cm³/mol. The summed E-state index contributed by atoms with van der Waals surface area (Å²) in [6.07, 6.45) is -2.89. The molecule has 0 aromatic heterocycles. The van der Waals surface area contributed by atoms with E-state index in [0.717, 1.165) is 14.2 Å². The zero-order valence-electron chi connectivity index (χ0n) is 16.7. The molecule has 13 nitrogen and oxygen atoms in total. The van der Waals surface area contributed by atoms with Crippen LogP contribution < -0.4 is 9.79 Å². The summed E-state index contributed by atoms with van der Waals surface area (Å²) in [5.74, 6) is 0. The van der Waals surface area contributed by atoms with E-state index in [1.807, 2.05) is 0 Å². The van der Waals surface area contributed by atoms with E-state index < -0.39 is 40.1 Å². The first-order chi connectivity index (χ1) is 13.6. The summed E-state index contributed by atoms with van der Waals surface area (Å²) in [6, 6.07) is 0. The molecule has 1 N–H and O–H groups in total. The molecule has 4 unspecified atom stereocenters. The average Bonchev–Trinajstić information content (AvgIpc) is 3.24. The van der Waals surface area contributed by atoms with Crippen molar-refractivity contribution >= 4 is 15.6 Å². The minimum absolute atomic E-state index is 0.0163. The number of phosphoric ester groups is 2. The fourth-order valence-corrected chi connectivity index (χ4v) is 3.89. The number of aliphatic hydroxyl groups is 1. The lowest BCUT2D eigenvalue weighted by atomic mass is 10.2. The molecule has 0 saturated carbocycles. The molecule has 0 spiro atoms. The van der Waals surface area contributed by atoms with Crippen LogP contribution >= 0.6 is 15.6 Å². The molecule has 0 radical (unpaired) electrons. The van der Waals surface area contributed by atoms with Crippen LogP contribution in [0, 0.1) is 0 Å². The molecule has 2 saturated heterocycles. The molecule has 29 heavy (non-hydrogen) atoms. The highest BCUT2D eigenvalue weighted by molar-refractivity contribution is 7.46. The molecule has 2 fully saturated rings. The maximum absolute atomic E-state index is 11.0. The van der Waals surface area contributed by atoms with Gasteiger partial charge >= 0.3 is 0 Å². The molecule has 2 heterocycles. The number of ether oxygens (including phenoxy) is 4. The van der Waals surface area contributed by atoms with Crippen molar-refractivity contribution in [3.05, 3.63) is 0 Å². The van der Waals surface area contributed by atoms with E-state index in [0.29, 0.717) is 19.6 Å². The van der Waals surface area contributed by atoms with Gasteiger partial charge in [0.25, 0.3) is 15.6 Å². The average molecular weight is 466 g/mol. The van der Waals surface area contributed by atoms with Gasteiger partial charge in [-0.3, -0.25) is 9.13 Å². The second-order valence-electron chi connectivity index (χ2n) is 6.02. The van der Waals surface area contributed by atoms with Gasteiger partial charge in [0.2, 0.25) is 0 Å². The van der Waals surface area contributed by atoms with Crippen LogP contribution in [0.5, 0.6) is 0 Å². The molecule has 2 aliphatic rings. The summed E-state index contributed by atoms with van der Waals surface area (Å²) in [4.78, 5) is 22.0. The van der Waals surface area contributed by atoms with E-state index in [2.05, 4.69) is 13.6 Å². The van der Waals surface area contributed by atoms with Crippen molar-refractivity contribution < 1.29 is 61.1 Å². The minimum atomic E-state index is -4.37.